The lowest BCUT2D eigenvalue weighted by molar-refractivity contribution is 0.0949. The van der Waals surface area contributed by atoms with Gasteiger partial charge in [0.15, 0.2) is 17.3 Å². The lowest BCUT2D eigenvalue weighted by Crippen LogP contribution is -2.24. The summed E-state index contributed by atoms with van der Waals surface area (Å²) in [5.74, 6) is 0.948. The second-order valence-electron chi connectivity index (χ2n) is 4.97. The van der Waals surface area contributed by atoms with E-state index in [1.54, 1.807) is 18.3 Å². The highest BCUT2D eigenvalue weighted by Crippen LogP contribution is 2.07. The number of hydrogen-bond donors (Lipinski definition) is 1. The summed E-state index contributed by atoms with van der Waals surface area (Å²) in [5.41, 5.74) is 1.21. The molecule has 0 bridgehead atoms. The van der Waals surface area contributed by atoms with Crippen molar-refractivity contribution in [1.29, 1.82) is 0 Å². The third-order valence-corrected chi connectivity index (χ3v) is 3.45. The van der Waals surface area contributed by atoms with Crippen LogP contribution >= 0.6 is 0 Å². The Morgan fingerprint density at radius 2 is 2.17 bits per heavy atom. The first-order chi connectivity index (χ1) is 11.8. The number of carbonyl (C=O) groups excluding carboxylic acids is 1. The molecule has 4 aromatic heterocycles. The highest BCUT2D eigenvalue weighted by Gasteiger charge is 2.10. The molecule has 4 aromatic rings. The van der Waals surface area contributed by atoms with Crippen LogP contribution in [0.5, 0.6) is 0 Å². The third-order valence-electron chi connectivity index (χ3n) is 3.45. The molecule has 9 heteroatoms. The van der Waals surface area contributed by atoms with Gasteiger partial charge >= 0.3 is 0 Å². The first-order valence-electron chi connectivity index (χ1n) is 7.19. The highest BCUT2D eigenvalue weighted by atomic mass is 16.1. The summed E-state index contributed by atoms with van der Waals surface area (Å²) in [6.07, 6.45) is 6.33. The number of nitrogens with zero attached hydrogens (tertiary/aromatic N) is 7. The van der Waals surface area contributed by atoms with E-state index < -0.39 is 0 Å². The molecule has 0 aliphatic carbocycles. The molecule has 0 spiro atoms. The Hall–Kier alpha value is -3.62. The molecule has 4 rings (SSSR count). The minimum atomic E-state index is -0.230. The minimum Gasteiger partial charge on any atom is -0.345 e. The van der Waals surface area contributed by atoms with Gasteiger partial charge in [0, 0.05) is 18.0 Å². The summed E-state index contributed by atoms with van der Waals surface area (Å²) in [4.78, 5) is 20.4. The number of amides is 1. The van der Waals surface area contributed by atoms with E-state index in [2.05, 4.69) is 30.6 Å². The van der Waals surface area contributed by atoms with Gasteiger partial charge in [-0.15, -0.1) is 10.2 Å². The van der Waals surface area contributed by atoms with E-state index in [0.717, 1.165) is 5.65 Å². The van der Waals surface area contributed by atoms with Gasteiger partial charge in [-0.25, -0.2) is 14.6 Å². The molecule has 24 heavy (non-hydrogen) atoms. The van der Waals surface area contributed by atoms with Crippen LogP contribution in [0.2, 0.25) is 0 Å². The summed E-state index contributed by atoms with van der Waals surface area (Å²) in [6.45, 7) is 0.269. The maximum atomic E-state index is 12.4. The van der Waals surface area contributed by atoms with Gasteiger partial charge in [-0.1, -0.05) is 6.07 Å². The molecule has 0 aliphatic rings. The van der Waals surface area contributed by atoms with E-state index in [4.69, 9.17) is 0 Å². The highest BCUT2D eigenvalue weighted by molar-refractivity contribution is 5.94. The second-order valence-corrected chi connectivity index (χ2v) is 4.97. The zero-order chi connectivity index (χ0) is 16.4. The standard InChI is InChI=1S/C15H12N8O/c24-15(11-4-5-17-13(7-11)23-10-16-9-19-23)18-8-14-21-20-12-3-1-2-6-22(12)14/h1-7,9-10H,8H2,(H,18,24). The Morgan fingerprint density at radius 1 is 1.21 bits per heavy atom. The fraction of sp³-hybridized carbons (Fsp3) is 0.0667. The summed E-state index contributed by atoms with van der Waals surface area (Å²) in [6, 6.07) is 8.90. The Kier molecular flexibility index (Phi) is 3.43. The number of pyridine rings is 2. The topological polar surface area (TPSA) is 103 Å². The van der Waals surface area contributed by atoms with Crippen molar-refractivity contribution in [2.45, 2.75) is 6.54 Å². The van der Waals surface area contributed by atoms with Gasteiger partial charge in [0.25, 0.3) is 5.91 Å². The molecule has 0 unspecified atom stereocenters. The van der Waals surface area contributed by atoms with Crippen LogP contribution in [0, 0.1) is 0 Å². The predicted octanol–water partition coefficient (Wildman–Crippen LogP) is 0.635. The van der Waals surface area contributed by atoms with Crippen LogP contribution in [-0.4, -0.2) is 40.3 Å². The number of carbonyl (C=O) groups is 1. The van der Waals surface area contributed by atoms with Crippen molar-refractivity contribution in [3.63, 3.8) is 0 Å². The molecule has 1 N–H and O–H groups in total. The van der Waals surface area contributed by atoms with Gasteiger partial charge in [0.1, 0.15) is 12.7 Å². The van der Waals surface area contributed by atoms with E-state index in [-0.39, 0.29) is 12.5 Å². The van der Waals surface area contributed by atoms with Gasteiger partial charge in [0.2, 0.25) is 0 Å². The van der Waals surface area contributed by atoms with E-state index >= 15 is 0 Å². The Bertz CT molecular complexity index is 992. The Balaban J connectivity index is 1.51. The molecule has 9 nitrogen and oxygen atoms in total. The quantitative estimate of drug-likeness (QED) is 0.592. The molecule has 0 aromatic carbocycles. The van der Waals surface area contributed by atoms with Crippen molar-refractivity contribution >= 4 is 11.6 Å². The van der Waals surface area contributed by atoms with E-state index in [0.29, 0.717) is 17.2 Å². The average Bonchev–Trinajstić information content (AvgIpc) is 3.30. The number of nitrogens with one attached hydrogen (secondary N) is 1. The monoisotopic (exact) mass is 320 g/mol. The summed E-state index contributed by atoms with van der Waals surface area (Å²) in [5, 5.41) is 15.0. The normalized spacial score (nSPS) is 10.8. The van der Waals surface area contributed by atoms with Crippen LogP contribution < -0.4 is 5.32 Å². The maximum absolute atomic E-state index is 12.4. The molecular weight excluding hydrogens is 308 g/mol. The Morgan fingerprint density at radius 3 is 3.04 bits per heavy atom. The Labute approximate surface area is 136 Å². The molecule has 0 saturated carbocycles. The van der Waals surface area contributed by atoms with Crippen LogP contribution in [0.4, 0.5) is 0 Å². The number of aromatic nitrogens is 7. The van der Waals surface area contributed by atoms with Crippen LogP contribution in [0.15, 0.2) is 55.4 Å². The molecule has 0 aliphatic heterocycles. The first kappa shape index (κ1) is 14.0. The fourth-order valence-corrected chi connectivity index (χ4v) is 2.28. The van der Waals surface area contributed by atoms with Crippen molar-refractivity contribution in [2.24, 2.45) is 0 Å². The van der Waals surface area contributed by atoms with Crippen LogP contribution in [0.1, 0.15) is 16.2 Å². The van der Waals surface area contributed by atoms with E-state index in [1.807, 2.05) is 28.8 Å². The van der Waals surface area contributed by atoms with Crippen molar-refractivity contribution in [3.05, 3.63) is 66.8 Å². The second kappa shape index (κ2) is 5.88. The minimum absolute atomic E-state index is 0.230. The van der Waals surface area contributed by atoms with Gasteiger partial charge < -0.3 is 5.32 Å². The smallest absolute Gasteiger partial charge is 0.251 e. The molecule has 0 radical (unpaired) electrons. The zero-order valence-electron chi connectivity index (χ0n) is 12.4. The predicted molar refractivity (Wildman–Crippen MR) is 83.3 cm³/mol. The van der Waals surface area contributed by atoms with Crippen LogP contribution in [0.25, 0.3) is 11.5 Å². The maximum Gasteiger partial charge on any atom is 0.251 e. The number of rotatable bonds is 4. The first-order valence-corrected chi connectivity index (χ1v) is 7.19. The fourth-order valence-electron chi connectivity index (χ4n) is 2.28. The lowest BCUT2D eigenvalue weighted by atomic mass is 10.2. The molecule has 1 amide bonds. The molecule has 0 saturated heterocycles. The SMILES string of the molecule is O=C(NCc1nnc2ccccn12)c1ccnc(-n2cncn2)c1. The van der Waals surface area contributed by atoms with Crippen LogP contribution in [-0.2, 0) is 6.54 Å². The molecule has 4 heterocycles. The molecule has 0 fully saturated rings. The molecular formula is C15H12N8O. The number of fused-ring (bicyclic) bond motifs is 1. The summed E-state index contributed by atoms with van der Waals surface area (Å²) >= 11 is 0. The van der Waals surface area contributed by atoms with E-state index in [9.17, 15) is 4.79 Å². The van der Waals surface area contributed by atoms with Crippen molar-refractivity contribution in [1.82, 2.24) is 39.7 Å². The van der Waals surface area contributed by atoms with Gasteiger partial charge in [-0.05, 0) is 24.3 Å². The van der Waals surface area contributed by atoms with Crippen molar-refractivity contribution in [2.75, 3.05) is 0 Å². The summed E-state index contributed by atoms with van der Waals surface area (Å²) in [7, 11) is 0. The molecule has 118 valence electrons. The number of hydrogen-bond acceptors (Lipinski definition) is 6. The zero-order valence-corrected chi connectivity index (χ0v) is 12.4. The molecule has 0 atom stereocenters. The third kappa shape index (κ3) is 2.58. The largest absolute Gasteiger partial charge is 0.345 e. The van der Waals surface area contributed by atoms with Gasteiger partial charge in [-0.2, -0.15) is 5.10 Å². The van der Waals surface area contributed by atoms with Gasteiger partial charge in [-0.3, -0.25) is 9.20 Å². The van der Waals surface area contributed by atoms with Crippen molar-refractivity contribution < 1.29 is 4.79 Å². The summed E-state index contributed by atoms with van der Waals surface area (Å²) < 4.78 is 3.32. The lowest BCUT2D eigenvalue weighted by Gasteiger charge is -2.06. The van der Waals surface area contributed by atoms with Gasteiger partial charge in [0.05, 0.1) is 6.54 Å². The average molecular weight is 320 g/mol. The van der Waals surface area contributed by atoms with E-state index in [1.165, 1.54) is 17.3 Å². The van der Waals surface area contributed by atoms with Crippen LogP contribution in [0.3, 0.4) is 0 Å². The van der Waals surface area contributed by atoms with Crippen molar-refractivity contribution in [3.8, 4) is 5.82 Å².